The summed E-state index contributed by atoms with van der Waals surface area (Å²) in [5.74, 6) is 1.94. The van der Waals surface area contributed by atoms with Gasteiger partial charge in [-0.3, -0.25) is 4.79 Å². The van der Waals surface area contributed by atoms with Crippen molar-refractivity contribution in [2.24, 2.45) is 5.92 Å². The highest BCUT2D eigenvalue weighted by atomic mass is 16.2. The third-order valence-electron chi connectivity index (χ3n) is 4.82. The zero-order valence-corrected chi connectivity index (χ0v) is 14.0. The van der Waals surface area contributed by atoms with Crippen molar-refractivity contribution in [3.8, 4) is 5.82 Å². The lowest BCUT2D eigenvalue weighted by Gasteiger charge is -2.37. The quantitative estimate of drug-likeness (QED) is 0.778. The molecule has 0 bridgehead atoms. The van der Waals surface area contributed by atoms with Crippen LogP contribution in [0.15, 0.2) is 36.9 Å². The van der Waals surface area contributed by atoms with Gasteiger partial charge in [0.25, 0.3) is 0 Å². The minimum absolute atomic E-state index is 0.165. The number of piperazine rings is 1. The van der Waals surface area contributed by atoms with E-state index >= 15 is 0 Å². The third-order valence-corrected chi connectivity index (χ3v) is 4.82. The Morgan fingerprint density at radius 2 is 1.84 bits per heavy atom. The van der Waals surface area contributed by atoms with Gasteiger partial charge in [0.1, 0.15) is 12.7 Å². The first-order valence-corrected chi connectivity index (χ1v) is 8.69. The first-order valence-electron chi connectivity index (χ1n) is 8.69. The van der Waals surface area contributed by atoms with Crippen molar-refractivity contribution in [3.63, 3.8) is 0 Å². The fourth-order valence-corrected chi connectivity index (χ4v) is 3.37. The number of rotatable bonds is 3. The normalized spacial score (nSPS) is 20.7. The predicted molar refractivity (Wildman–Crippen MR) is 92.2 cm³/mol. The van der Waals surface area contributed by atoms with Gasteiger partial charge in [-0.2, -0.15) is 5.10 Å². The average Bonchev–Trinajstić information content (AvgIpc) is 3.23. The Labute approximate surface area is 146 Å². The van der Waals surface area contributed by atoms with Gasteiger partial charge >= 0.3 is 0 Å². The molecule has 2 aromatic heterocycles. The van der Waals surface area contributed by atoms with E-state index in [0.29, 0.717) is 11.7 Å². The number of amides is 1. The number of carbonyl (C=O) groups is 1. The van der Waals surface area contributed by atoms with Gasteiger partial charge in [-0.1, -0.05) is 12.2 Å². The number of aromatic nitrogens is 5. The largest absolute Gasteiger partial charge is 0.352 e. The molecule has 0 N–H and O–H groups in total. The molecule has 8 heteroatoms. The molecule has 130 valence electrons. The molecule has 2 aromatic rings. The summed E-state index contributed by atoms with van der Waals surface area (Å²) in [5.41, 5.74) is 0. The van der Waals surface area contributed by atoms with Crippen LogP contribution in [0.2, 0.25) is 0 Å². The Kier molecular flexibility index (Phi) is 4.41. The molecule has 4 rings (SSSR count). The summed E-state index contributed by atoms with van der Waals surface area (Å²) in [6.07, 6.45) is 10.2. The Balaban J connectivity index is 1.35. The number of anilines is 1. The topological polar surface area (TPSA) is 80.0 Å². The molecule has 1 amide bonds. The van der Waals surface area contributed by atoms with Crippen LogP contribution in [0.5, 0.6) is 0 Å². The van der Waals surface area contributed by atoms with Gasteiger partial charge in [0.2, 0.25) is 5.91 Å². The van der Waals surface area contributed by atoms with Gasteiger partial charge in [-0.05, 0) is 31.4 Å². The summed E-state index contributed by atoms with van der Waals surface area (Å²) < 4.78 is 1.58. The van der Waals surface area contributed by atoms with Crippen LogP contribution in [0.25, 0.3) is 5.82 Å². The molecule has 2 aliphatic rings. The van der Waals surface area contributed by atoms with E-state index in [1.807, 2.05) is 17.0 Å². The van der Waals surface area contributed by atoms with Gasteiger partial charge in [0.05, 0.1) is 0 Å². The van der Waals surface area contributed by atoms with Crippen LogP contribution in [0.4, 0.5) is 5.82 Å². The van der Waals surface area contributed by atoms with Gasteiger partial charge < -0.3 is 9.80 Å². The van der Waals surface area contributed by atoms with E-state index in [2.05, 4.69) is 37.3 Å². The summed E-state index contributed by atoms with van der Waals surface area (Å²) >= 11 is 0. The molecular formula is C17H21N7O. The van der Waals surface area contributed by atoms with E-state index in [1.54, 1.807) is 11.0 Å². The first kappa shape index (κ1) is 15.7. The molecule has 0 unspecified atom stereocenters. The van der Waals surface area contributed by atoms with E-state index < -0.39 is 0 Å². The van der Waals surface area contributed by atoms with Crippen molar-refractivity contribution in [1.82, 2.24) is 29.9 Å². The number of carbonyl (C=O) groups excluding carboxylic acids is 1. The van der Waals surface area contributed by atoms with Crippen LogP contribution in [0.1, 0.15) is 19.3 Å². The maximum atomic E-state index is 12.6. The SMILES string of the molecule is O=C([C@@H]1CC=CCC1)N1CCN(c2ccc(-n3cncn3)nn2)CC1. The summed E-state index contributed by atoms with van der Waals surface area (Å²) in [4.78, 5) is 20.7. The van der Waals surface area contributed by atoms with E-state index in [4.69, 9.17) is 0 Å². The van der Waals surface area contributed by atoms with Crippen molar-refractivity contribution < 1.29 is 4.79 Å². The summed E-state index contributed by atoms with van der Waals surface area (Å²) in [7, 11) is 0. The Morgan fingerprint density at radius 1 is 1.04 bits per heavy atom. The monoisotopic (exact) mass is 339 g/mol. The Morgan fingerprint density at radius 3 is 2.48 bits per heavy atom. The maximum absolute atomic E-state index is 12.6. The molecule has 0 saturated carbocycles. The molecule has 1 atom stereocenters. The number of hydrogen-bond donors (Lipinski definition) is 0. The second-order valence-corrected chi connectivity index (χ2v) is 6.38. The Hall–Kier alpha value is -2.77. The van der Waals surface area contributed by atoms with E-state index in [-0.39, 0.29) is 5.92 Å². The van der Waals surface area contributed by atoms with Crippen molar-refractivity contribution >= 4 is 11.7 Å². The van der Waals surface area contributed by atoms with Crippen molar-refractivity contribution in [2.75, 3.05) is 31.1 Å². The molecule has 1 saturated heterocycles. The highest BCUT2D eigenvalue weighted by molar-refractivity contribution is 5.79. The van der Waals surface area contributed by atoms with E-state index in [9.17, 15) is 4.79 Å². The molecular weight excluding hydrogens is 318 g/mol. The van der Waals surface area contributed by atoms with E-state index in [1.165, 1.54) is 6.33 Å². The molecule has 0 radical (unpaired) electrons. The summed E-state index contributed by atoms with van der Waals surface area (Å²) in [5, 5.41) is 12.5. The summed E-state index contributed by atoms with van der Waals surface area (Å²) in [6, 6.07) is 3.82. The lowest BCUT2D eigenvalue weighted by molar-refractivity contribution is -0.136. The minimum atomic E-state index is 0.165. The van der Waals surface area contributed by atoms with Crippen LogP contribution in [0.3, 0.4) is 0 Å². The number of hydrogen-bond acceptors (Lipinski definition) is 6. The summed E-state index contributed by atoms with van der Waals surface area (Å²) in [6.45, 7) is 3.05. The molecule has 1 fully saturated rings. The van der Waals surface area contributed by atoms with Crippen molar-refractivity contribution in [1.29, 1.82) is 0 Å². The van der Waals surface area contributed by atoms with Gasteiger partial charge in [-0.25, -0.2) is 9.67 Å². The number of allylic oxidation sites excluding steroid dienone is 2. The Bertz CT molecular complexity index is 733. The maximum Gasteiger partial charge on any atom is 0.226 e. The zero-order chi connectivity index (χ0) is 17.1. The highest BCUT2D eigenvalue weighted by Crippen LogP contribution is 2.22. The molecule has 25 heavy (non-hydrogen) atoms. The minimum Gasteiger partial charge on any atom is -0.352 e. The highest BCUT2D eigenvalue weighted by Gasteiger charge is 2.27. The fraction of sp³-hybridized carbons (Fsp3) is 0.471. The van der Waals surface area contributed by atoms with Crippen molar-refractivity contribution in [3.05, 3.63) is 36.9 Å². The second-order valence-electron chi connectivity index (χ2n) is 6.38. The third kappa shape index (κ3) is 3.38. The molecule has 3 heterocycles. The first-order chi connectivity index (χ1) is 12.3. The fourth-order valence-electron chi connectivity index (χ4n) is 3.37. The van der Waals surface area contributed by atoms with Crippen LogP contribution < -0.4 is 4.90 Å². The smallest absolute Gasteiger partial charge is 0.226 e. The van der Waals surface area contributed by atoms with E-state index in [0.717, 1.165) is 51.3 Å². The molecule has 1 aliphatic carbocycles. The lowest BCUT2D eigenvalue weighted by Crippen LogP contribution is -2.50. The molecule has 1 aliphatic heterocycles. The predicted octanol–water partition coefficient (Wildman–Crippen LogP) is 1.06. The average molecular weight is 339 g/mol. The van der Waals surface area contributed by atoms with Gasteiger partial charge in [-0.15, -0.1) is 10.2 Å². The van der Waals surface area contributed by atoms with Crippen LogP contribution >= 0.6 is 0 Å². The molecule has 0 spiro atoms. The van der Waals surface area contributed by atoms with Crippen LogP contribution in [-0.2, 0) is 4.79 Å². The van der Waals surface area contributed by atoms with Gasteiger partial charge in [0, 0.05) is 32.1 Å². The zero-order valence-electron chi connectivity index (χ0n) is 14.0. The second kappa shape index (κ2) is 7.00. The number of nitrogens with zero attached hydrogens (tertiary/aromatic N) is 7. The van der Waals surface area contributed by atoms with Crippen LogP contribution in [-0.4, -0.2) is 61.9 Å². The lowest BCUT2D eigenvalue weighted by atomic mass is 9.93. The van der Waals surface area contributed by atoms with Crippen LogP contribution in [0, 0.1) is 5.92 Å². The van der Waals surface area contributed by atoms with Crippen molar-refractivity contribution in [2.45, 2.75) is 19.3 Å². The molecule has 8 nitrogen and oxygen atoms in total. The van der Waals surface area contributed by atoms with Gasteiger partial charge in [0.15, 0.2) is 11.6 Å². The standard InChI is InChI=1S/C17H21N7O/c25-17(14-4-2-1-3-5-14)23-10-8-22(9-11-23)15-6-7-16(21-20-15)24-13-18-12-19-24/h1-2,6-7,12-14H,3-5,8-11H2/t14-/m1/s1. The molecule has 0 aromatic carbocycles.